The summed E-state index contributed by atoms with van der Waals surface area (Å²) in [7, 11) is 1.35. The van der Waals surface area contributed by atoms with E-state index in [1.807, 2.05) is 19.1 Å². The summed E-state index contributed by atoms with van der Waals surface area (Å²) in [6.45, 7) is 1.92. The Morgan fingerprint density at radius 2 is 2.38 bits per heavy atom. The molecular formula is C11H17NO3S. The predicted octanol–water partition coefficient (Wildman–Crippen LogP) is 1.71. The van der Waals surface area contributed by atoms with Crippen LogP contribution in [0.5, 0.6) is 0 Å². The van der Waals surface area contributed by atoms with Crippen molar-refractivity contribution in [1.82, 2.24) is 0 Å². The van der Waals surface area contributed by atoms with E-state index >= 15 is 0 Å². The summed E-state index contributed by atoms with van der Waals surface area (Å²) in [5, 5.41) is 0. The van der Waals surface area contributed by atoms with Gasteiger partial charge in [0.1, 0.15) is 17.6 Å². The molecule has 0 spiro atoms. The van der Waals surface area contributed by atoms with Crippen molar-refractivity contribution in [2.45, 2.75) is 25.1 Å². The zero-order valence-electron chi connectivity index (χ0n) is 9.56. The van der Waals surface area contributed by atoms with Gasteiger partial charge in [-0.3, -0.25) is 4.79 Å². The van der Waals surface area contributed by atoms with Crippen LogP contribution in [0.4, 0.5) is 0 Å². The maximum Gasteiger partial charge on any atom is 0.322 e. The molecule has 5 heteroatoms. The van der Waals surface area contributed by atoms with Gasteiger partial charge in [-0.1, -0.05) is 0 Å². The van der Waals surface area contributed by atoms with Crippen LogP contribution in [0.15, 0.2) is 16.5 Å². The summed E-state index contributed by atoms with van der Waals surface area (Å²) >= 11 is 1.69. The second-order valence-corrected chi connectivity index (χ2v) is 4.59. The molecule has 0 saturated heterocycles. The maximum absolute atomic E-state index is 11.0. The number of ether oxygens (including phenoxy) is 1. The SMILES string of the molecule is COC(=O)C(N)CCSCc1ccc(C)o1. The molecule has 0 aliphatic heterocycles. The van der Waals surface area contributed by atoms with Crippen LogP contribution >= 0.6 is 11.8 Å². The van der Waals surface area contributed by atoms with Crippen LogP contribution in [0, 0.1) is 6.92 Å². The molecule has 4 nitrogen and oxygen atoms in total. The highest BCUT2D eigenvalue weighted by atomic mass is 32.2. The summed E-state index contributed by atoms with van der Waals surface area (Å²) in [5.41, 5.74) is 5.60. The van der Waals surface area contributed by atoms with Gasteiger partial charge < -0.3 is 14.9 Å². The van der Waals surface area contributed by atoms with Gasteiger partial charge in [-0.25, -0.2) is 0 Å². The van der Waals surface area contributed by atoms with Crippen LogP contribution in [0.25, 0.3) is 0 Å². The number of furan rings is 1. The number of methoxy groups -OCH3 is 1. The third kappa shape index (κ3) is 4.28. The van der Waals surface area contributed by atoms with E-state index in [-0.39, 0.29) is 5.97 Å². The standard InChI is InChI=1S/C11H17NO3S/c1-8-3-4-9(15-8)7-16-6-5-10(12)11(13)14-2/h3-4,10H,5-7,12H2,1-2H3. The lowest BCUT2D eigenvalue weighted by atomic mass is 10.2. The third-order valence-electron chi connectivity index (χ3n) is 2.12. The maximum atomic E-state index is 11.0. The van der Waals surface area contributed by atoms with Crippen LogP contribution in [0.3, 0.4) is 0 Å². The van der Waals surface area contributed by atoms with Crippen molar-refractivity contribution in [2.24, 2.45) is 5.73 Å². The van der Waals surface area contributed by atoms with E-state index in [4.69, 9.17) is 10.2 Å². The monoisotopic (exact) mass is 243 g/mol. The first-order chi connectivity index (χ1) is 7.63. The zero-order valence-corrected chi connectivity index (χ0v) is 10.4. The Labute approximate surface area is 99.5 Å². The molecule has 0 aromatic carbocycles. The van der Waals surface area contributed by atoms with Gasteiger partial charge in [0.15, 0.2) is 0 Å². The van der Waals surface area contributed by atoms with Gasteiger partial charge in [0, 0.05) is 0 Å². The van der Waals surface area contributed by atoms with Crippen molar-refractivity contribution >= 4 is 17.7 Å². The Morgan fingerprint density at radius 1 is 1.62 bits per heavy atom. The molecular weight excluding hydrogens is 226 g/mol. The summed E-state index contributed by atoms with van der Waals surface area (Å²) in [5.74, 6) is 3.14. The number of nitrogens with two attached hydrogens (primary N) is 1. The van der Waals surface area contributed by atoms with E-state index in [1.54, 1.807) is 11.8 Å². The molecule has 1 unspecified atom stereocenters. The molecule has 0 radical (unpaired) electrons. The number of hydrogen-bond acceptors (Lipinski definition) is 5. The second kappa shape index (κ2) is 6.60. The molecule has 1 rings (SSSR count). The number of thioether (sulfide) groups is 1. The lowest BCUT2D eigenvalue weighted by Gasteiger charge is -2.07. The smallest absolute Gasteiger partial charge is 0.322 e. The van der Waals surface area contributed by atoms with Crippen molar-refractivity contribution in [3.63, 3.8) is 0 Å². The Morgan fingerprint density at radius 3 is 2.94 bits per heavy atom. The van der Waals surface area contributed by atoms with Crippen molar-refractivity contribution < 1.29 is 13.9 Å². The normalized spacial score (nSPS) is 12.4. The van der Waals surface area contributed by atoms with Crippen LogP contribution in [-0.2, 0) is 15.3 Å². The Balaban J connectivity index is 2.14. The molecule has 0 saturated carbocycles. The molecule has 1 aromatic heterocycles. The third-order valence-corrected chi connectivity index (χ3v) is 3.13. The first-order valence-electron chi connectivity index (χ1n) is 5.10. The van der Waals surface area contributed by atoms with E-state index in [0.717, 1.165) is 23.0 Å². The minimum Gasteiger partial charge on any atom is -0.468 e. The molecule has 0 bridgehead atoms. The highest BCUT2D eigenvalue weighted by molar-refractivity contribution is 7.98. The first kappa shape index (κ1) is 13.1. The molecule has 1 aromatic rings. The largest absolute Gasteiger partial charge is 0.468 e. The van der Waals surface area contributed by atoms with Crippen LogP contribution < -0.4 is 5.73 Å². The topological polar surface area (TPSA) is 65.5 Å². The van der Waals surface area contributed by atoms with Crippen molar-refractivity contribution in [2.75, 3.05) is 12.9 Å². The van der Waals surface area contributed by atoms with E-state index in [9.17, 15) is 4.79 Å². The zero-order chi connectivity index (χ0) is 12.0. The summed E-state index contributed by atoms with van der Waals surface area (Å²) < 4.78 is 9.95. The molecule has 2 N–H and O–H groups in total. The number of carbonyl (C=O) groups excluding carboxylic acids is 1. The van der Waals surface area contributed by atoms with Crippen molar-refractivity contribution in [3.8, 4) is 0 Å². The lowest BCUT2D eigenvalue weighted by Crippen LogP contribution is -2.31. The fourth-order valence-corrected chi connectivity index (χ4v) is 2.14. The summed E-state index contributed by atoms with van der Waals surface area (Å²) in [6.07, 6.45) is 0.622. The molecule has 0 fully saturated rings. The Hall–Kier alpha value is -0.940. The summed E-state index contributed by atoms with van der Waals surface area (Å²) in [4.78, 5) is 11.0. The van der Waals surface area contributed by atoms with Crippen molar-refractivity contribution in [1.29, 1.82) is 0 Å². The van der Waals surface area contributed by atoms with Crippen LogP contribution in [0.2, 0.25) is 0 Å². The van der Waals surface area contributed by atoms with Gasteiger partial charge in [-0.05, 0) is 31.2 Å². The minimum atomic E-state index is -0.518. The Bertz CT molecular complexity index is 338. The van der Waals surface area contributed by atoms with Gasteiger partial charge in [-0.15, -0.1) is 0 Å². The molecule has 0 amide bonds. The predicted molar refractivity (Wildman–Crippen MR) is 64.2 cm³/mol. The highest BCUT2D eigenvalue weighted by Crippen LogP contribution is 2.16. The average Bonchev–Trinajstić information content (AvgIpc) is 2.69. The van der Waals surface area contributed by atoms with Gasteiger partial charge in [0.25, 0.3) is 0 Å². The van der Waals surface area contributed by atoms with Gasteiger partial charge in [0.2, 0.25) is 0 Å². The molecule has 0 aliphatic rings. The quantitative estimate of drug-likeness (QED) is 0.608. The van der Waals surface area contributed by atoms with E-state index < -0.39 is 6.04 Å². The van der Waals surface area contributed by atoms with Gasteiger partial charge in [-0.2, -0.15) is 11.8 Å². The van der Waals surface area contributed by atoms with Gasteiger partial charge in [0.05, 0.1) is 12.9 Å². The molecule has 0 aliphatic carbocycles. The number of rotatable bonds is 6. The summed E-state index contributed by atoms with van der Waals surface area (Å²) in [6, 6.07) is 3.38. The van der Waals surface area contributed by atoms with Crippen molar-refractivity contribution in [3.05, 3.63) is 23.7 Å². The van der Waals surface area contributed by atoms with E-state index in [2.05, 4.69) is 4.74 Å². The lowest BCUT2D eigenvalue weighted by molar-refractivity contribution is -0.142. The molecule has 1 atom stereocenters. The van der Waals surface area contributed by atoms with E-state index in [0.29, 0.717) is 6.42 Å². The number of aryl methyl sites for hydroxylation is 1. The average molecular weight is 243 g/mol. The van der Waals surface area contributed by atoms with Crippen LogP contribution in [0.1, 0.15) is 17.9 Å². The second-order valence-electron chi connectivity index (χ2n) is 3.48. The van der Waals surface area contributed by atoms with Gasteiger partial charge >= 0.3 is 5.97 Å². The molecule has 16 heavy (non-hydrogen) atoms. The van der Waals surface area contributed by atoms with Crippen LogP contribution in [-0.4, -0.2) is 24.9 Å². The fourth-order valence-electron chi connectivity index (χ4n) is 1.21. The molecule has 90 valence electrons. The highest BCUT2D eigenvalue weighted by Gasteiger charge is 2.12. The number of esters is 1. The Kier molecular flexibility index (Phi) is 5.42. The first-order valence-corrected chi connectivity index (χ1v) is 6.25. The number of carbonyl (C=O) groups is 1. The minimum absolute atomic E-state index is 0.352. The van der Waals surface area contributed by atoms with E-state index in [1.165, 1.54) is 7.11 Å². The fraction of sp³-hybridized carbons (Fsp3) is 0.545. The molecule has 1 heterocycles. The number of hydrogen-bond donors (Lipinski definition) is 1.